The van der Waals surface area contributed by atoms with Crippen molar-refractivity contribution in [1.82, 2.24) is 10.2 Å². The predicted molar refractivity (Wildman–Crippen MR) is 110 cm³/mol. The fourth-order valence-corrected chi connectivity index (χ4v) is 4.02. The molecule has 28 heavy (non-hydrogen) atoms. The average molecular weight is 404 g/mol. The molecule has 1 aliphatic rings. The summed E-state index contributed by atoms with van der Waals surface area (Å²) in [6, 6.07) is 6.49. The summed E-state index contributed by atoms with van der Waals surface area (Å²) in [6.07, 6.45) is 3.18. The lowest BCUT2D eigenvalue weighted by Crippen LogP contribution is -2.41. The standard InChI is InChI=1S/C21H26FN3O2S/c1-15-2-3-18(13-19(15)22)24-21(27)25-9-5-16(6-10-25)4-8-23-20(26)12-17-7-11-28-14-17/h2-3,7,11,13-14,16H,4-6,8-10,12H2,1H3,(H,23,26)(H,24,27). The van der Waals surface area contributed by atoms with Crippen LogP contribution in [0, 0.1) is 18.7 Å². The first-order valence-corrected chi connectivity index (χ1v) is 10.6. The number of amides is 3. The van der Waals surface area contributed by atoms with E-state index >= 15 is 0 Å². The number of nitrogens with zero attached hydrogens (tertiary/aromatic N) is 1. The van der Waals surface area contributed by atoms with E-state index in [0.717, 1.165) is 24.8 Å². The van der Waals surface area contributed by atoms with Gasteiger partial charge >= 0.3 is 6.03 Å². The molecule has 0 aliphatic carbocycles. The van der Waals surface area contributed by atoms with Crippen LogP contribution in [-0.4, -0.2) is 36.5 Å². The predicted octanol–water partition coefficient (Wildman–Crippen LogP) is 4.19. The normalized spacial score (nSPS) is 14.7. The fraction of sp³-hybridized carbons (Fsp3) is 0.429. The minimum Gasteiger partial charge on any atom is -0.356 e. The minimum atomic E-state index is -0.322. The number of likely N-dealkylation sites (tertiary alicyclic amines) is 1. The number of halogens is 1. The summed E-state index contributed by atoms with van der Waals surface area (Å²) in [5.41, 5.74) is 2.08. The van der Waals surface area contributed by atoms with Crippen molar-refractivity contribution < 1.29 is 14.0 Å². The third kappa shape index (κ3) is 5.79. The quantitative estimate of drug-likeness (QED) is 0.760. The third-order valence-electron chi connectivity index (χ3n) is 5.14. The van der Waals surface area contributed by atoms with Crippen LogP contribution in [0.2, 0.25) is 0 Å². The van der Waals surface area contributed by atoms with Gasteiger partial charge in [-0.1, -0.05) is 6.07 Å². The van der Waals surface area contributed by atoms with Crippen molar-refractivity contribution in [2.45, 2.75) is 32.6 Å². The molecule has 1 saturated heterocycles. The molecule has 0 bridgehead atoms. The molecular weight excluding hydrogens is 377 g/mol. The number of thiophene rings is 1. The highest BCUT2D eigenvalue weighted by Gasteiger charge is 2.23. The zero-order chi connectivity index (χ0) is 19.9. The number of hydrogen-bond acceptors (Lipinski definition) is 3. The van der Waals surface area contributed by atoms with Gasteiger partial charge in [-0.2, -0.15) is 11.3 Å². The molecule has 7 heteroatoms. The number of carbonyl (C=O) groups excluding carboxylic acids is 2. The summed E-state index contributed by atoms with van der Waals surface area (Å²) in [7, 11) is 0. The van der Waals surface area contributed by atoms with Gasteiger partial charge in [0.2, 0.25) is 5.91 Å². The van der Waals surface area contributed by atoms with Crippen LogP contribution in [0.15, 0.2) is 35.0 Å². The van der Waals surface area contributed by atoms with Crippen molar-refractivity contribution in [1.29, 1.82) is 0 Å². The van der Waals surface area contributed by atoms with E-state index in [2.05, 4.69) is 10.6 Å². The molecule has 1 aliphatic heterocycles. The molecule has 1 fully saturated rings. The highest BCUT2D eigenvalue weighted by molar-refractivity contribution is 7.08. The molecule has 3 amide bonds. The second-order valence-electron chi connectivity index (χ2n) is 7.27. The Morgan fingerprint density at radius 2 is 2.04 bits per heavy atom. The Morgan fingerprint density at radius 1 is 1.25 bits per heavy atom. The SMILES string of the molecule is Cc1ccc(NC(=O)N2CCC(CCNC(=O)Cc3ccsc3)CC2)cc1F. The van der Waals surface area contributed by atoms with Gasteiger partial charge in [-0.25, -0.2) is 9.18 Å². The van der Waals surface area contributed by atoms with Gasteiger partial charge in [0.05, 0.1) is 6.42 Å². The Hall–Kier alpha value is -2.41. The van der Waals surface area contributed by atoms with E-state index in [1.807, 2.05) is 16.8 Å². The molecule has 0 atom stereocenters. The van der Waals surface area contributed by atoms with Crippen molar-refractivity contribution in [2.75, 3.05) is 25.0 Å². The van der Waals surface area contributed by atoms with E-state index in [4.69, 9.17) is 0 Å². The van der Waals surface area contributed by atoms with Gasteiger partial charge in [-0.05, 0) is 72.2 Å². The van der Waals surface area contributed by atoms with Crippen LogP contribution >= 0.6 is 11.3 Å². The highest BCUT2D eigenvalue weighted by atomic mass is 32.1. The first-order valence-electron chi connectivity index (χ1n) is 9.61. The Balaban J connectivity index is 1.35. The first kappa shape index (κ1) is 20.3. The van der Waals surface area contributed by atoms with Crippen molar-refractivity contribution in [3.8, 4) is 0 Å². The van der Waals surface area contributed by atoms with Crippen LogP contribution < -0.4 is 10.6 Å². The summed E-state index contributed by atoms with van der Waals surface area (Å²) in [4.78, 5) is 26.0. The van der Waals surface area contributed by atoms with Crippen molar-refractivity contribution in [3.63, 3.8) is 0 Å². The summed E-state index contributed by atoms with van der Waals surface area (Å²) in [5, 5.41) is 9.71. The molecule has 0 spiro atoms. The van der Waals surface area contributed by atoms with E-state index in [1.54, 1.807) is 35.3 Å². The Bertz CT molecular complexity index is 802. The monoisotopic (exact) mass is 403 g/mol. The maximum absolute atomic E-state index is 13.6. The summed E-state index contributed by atoms with van der Waals surface area (Å²) in [5.74, 6) is 0.236. The van der Waals surface area contributed by atoms with Crippen LogP contribution in [0.4, 0.5) is 14.9 Å². The van der Waals surface area contributed by atoms with E-state index in [1.165, 1.54) is 6.07 Å². The van der Waals surface area contributed by atoms with Gasteiger partial charge in [-0.3, -0.25) is 4.79 Å². The lowest BCUT2D eigenvalue weighted by molar-refractivity contribution is -0.120. The number of hydrogen-bond donors (Lipinski definition) is 2. The lowest BCUT2D eigenvalue weighted by Gasteiger charge is -2.32. The van der Waals surface area contributed by atoms with Crippen molar-refractivity contribution in [3.05, 3.63) is 52.0 Å². The molecule has 2 aromatic rings. The molecule has 2 N–H and O–H groups in total. The molecule has 1 aromatic carbocycles. The van der Waals surface area contributed by atoms with E-state index in [9.17, 15) is 14.0 Å². The first-order chi connectivity index (χ1) is 13.5. The number of rotatable bonds is 6. The fourth-order valence-electron chi connectivity index (χ4n) is 3.35. The maximum atomic E-state index is 13.6. The largest absolute Gasteiger partial charge is 0.356 e. The van der Waals surface area contributed by atoms with Crippen LogP contribution in [0.25, 0.3) is 0 Å². The molecule has 150 valence electrons. The molecule has 0 saturated carbocycles. The number of urea groups is 1. The van der Waals surface area contributed by atoms with Gasteiger partial charge in [0, 0.05) is 25.3 Å². The molecule has 5 nitrogen and oxygen atoms in total. The maximum Gasteiger partial charge on any atom is 0.321 e. The molecular formula is C21H26FN3O2S. The number of nitrogens with one attached hydrogen (secondary N) is 2. The summed E-state index contributed by atoms with van der Waals surface area (Å²) in [6.45, 7) is 3.71. The molecule has 1 aromatic heterocycles. The van der Waals surface area contributed by atoms with E-state index in [0.29, 0.717) is 43.2 Å². The van der Waals surface area contributed by atoms with E-state index < -0.39 is 0 Å². The Kier molecular flexibility index (Phi) is 7.03. The smallest absolute Gasteiger partial charge is 0.321 e. The highest BCUT2D eigenvalue weighted by Crippen LogP contribution is 2.21. The van der Waals surface area contributed by atoms with Gasteiger partial charge in [-0.15, -0.1) is 0 Å². The number of benzene rings is 1. The van der Waals surface area contributed by atoms with Crippen molar-refractivity contribution >= 4 is 29.0 Å². The molecule has 0 unspecified atom stereocenters. The second kappa shape index (κ2) is 9.68. The van der Waals surface area contributed by atoms with Crippen LogP contribution in [0.3, 0.4) is 0 Å². The summed E-state index contributed by atoms with van der Waals surface area (Å²) < 4.78 is 13.6. The zero-order valence-corrected chi connectivity index (χ0v) is 16.9. The average Bonchev–Trinajstić information content (AvgIpc) is 3.18. The summed E-state index contributed by atoms with van der Waals surface area (Å²) >= 11 is 1.60. The molecule has 2 heterocycles. The number of carbonyl (C=O) groups is 2. The Morgan fingerprint density at radius 3 is 2.71 bits per heavy atom. The zero-order valence-electron chi connectivity index (χ0n) is 16.0. The van der Waals surface area contributed by atoms with Gasteiger partial charge < -0.3 is 15.5 Å². The second-order valence-corrected chi connectivity index (χ2v) is 8.05. The minimum absolute atomic E-state index is 0.0561. The number of aryl methyl sites for hydroxylation is 1. The van der Waals surface area contributed by atoms with Crippen LogP contribution in [0.1, 0.15) is 30.4 Å². The van der Waals surface area contributed by atoms with Crippen LogP contribution in [0.5, 0.6) is 0 Å². The van der Waals surface area contributed by atoms with Gasteiger partial charge in [0.15, 0.2) is 0 Å². The number of anilines is 1. The Labute approximate surface area is 168 Å². The van der Waals surface area contributed by atoms with Gasteiger partial charge in [0.25, 0.3) is 0 Å². The van der Waals surface area contributed by atoms with Crippen molar-refractivity contribution in [2.24, 2.45) is 5.92 Å². The number of piperidine rings is 1. The van der Waals surface area contributed by atoms with E-state index in [-0.39, 0.29) is 17.8 Å². The molecule has 0 radical (unpaired) electrons. The molecule has 3 rings (SSSR count). The lowest BCUT2D eigenvalue weighted by atomic mass is 9.93. The van der Waals surface area contributed by atoms with Crippen LogP contribution in [-0.2, 0) is 11.2 Å². The third-order valence-corrected chi connectivity index (χ3v) is 5.88. The van der Waals surface area contributed by atoms with Gasteiger partial charge in [0.1, 0.15) is 5.82 Å². The topological polar surface area (TPSA) is 61.4 Å².